The van der Waals surface area contributed by atoms with Crippen LogP contribution < -0.4 is 43.4 Å². The molecular weight excluding hydrogens is 817 g/mol. The quantitative estimate of drug-likeness (QED) is 0.0355. The number of carbonyl (C=O) groups excluding carboxylic acids is 6. The van der Waals surface area contributed by atoms with Crippen molar-refractivity contribution in [2.45, 2.75) is 77.5 Å². The van der Waals surface area contributed by atoms with Gasteiger partial charge < -0.3 is 53.6 Å². The Hall–Kier alpha value is -6.78. The predicted molar refractivity (Wildman–Crippen MR) is 245 cm³/mol. The summed E-state index contributed by atoms with van der Waals surface area (Å²) in [6.45, 7) is 8.05. The minimum Gasteiger partial charge on any atom is -0.507 e. The minimum atomic E-state index is -0.863. The lowest BCUT2D eigenvalue weighted by Gasteiger charge is -2.25. The monoisotopic (exact) mass is 876 g/mol. The van der Waals surface area contributed by atoms with Crippen molar-refractivity contribution in [1.82, 2.24) is 21.3 Å². The first-order valence-corrected chi connectivity index (χ1v) is 21.6. The lowest BCUT2D eigenvalue weighted by Crippen LogP contribution is -2.53. The van der Waals surface area contributed by atoms with Crippen molar-refractivity contribution in [2.75, 3.05) is 36.8 Å². The second-order valence-electron chi connectivity index (χ2n) is 16.8. The fourth-order valence-electron chi connectivity index (χ4n) is 7.56. The summed E-state index contributed by atoms with van der Waals surface area (Å²) >= 11 is 0. The van der Waals surface area contributed by atoms with E-state index in [2.05, 4.69) is 31.9 Å². The summed E-state index contributed by atoms with van der Waals surface area (Å²) in [6.07, 6.45) is 1.33. The summed E-state index contributed by atoms with van der Waals surface area (Å²) in [7, 11) is 0. The summed E-state index contributed by atoms with van der Waals surface area (Å²) in [5, 5.41) is 38.9. The highest BCUT2D eigenvalue weighted by Crippen LogP contribution is 2.42. The van der Waals surface area contributed by atoms with Crippen molar-refractivity contribution in [3.63, 3.8) is 0 Å². The summed E-state index contributed by atoms with van der Waals surface area (Å²) in [5.74, 6) is -4.02. The SMILES string of the molecule is CC(C)C[C@H](NC(=O)[C@@H](N)Cc1ccccc1)C(=O)NCCNc1ccc(NCCNC(=O)[C@H](CC(C)C)NC(=O)[C@@H](N)Cc2ccccc2)c2c1C(=O)c1c(O)ccc(O)c1C2=O. The molecule has 0 fully saturated rings. The number of hydrogen-bond donors (Lipinski definition) is 10. The Morgan fingerprint density at radius 3 is 1.20 bits per heavy atom. The van der Waals surface area contributed by atoms with Crippen LogP contribution in [0.15, 0.2) is 84.9 Å². The predicted octanol–water partition coefficient (Wildman–Crippen LogP) is 3.13. The van der Waals surface area contributed by atoms with Crippen LogP contribution in [-0.2, 0) is 32.0 Å². The van der Waals surface area contributed by atoms with Crippen LogP contribution in [0.4, 0.5) is 11.4 Å². The average molecular weight is 877 g/mol. The number of benzene rings is 4. The topological polar surface area (TPSA) is 267 Å². The van der Waals surface area contributed by atoms with Crippen LogP contribution >= 0.6 is 0 Å². The maximum atomic E-state index is 14.1. The molecule has 0 unspecified atom stereocenters. The van der Waals surface area contributed by atoms with Gasteiger partial charge in [-0.2, -0.15) is 0 Å². The number of nitrogens with two attached hydrogens (primary N) is 2. The largest absolute Gasteiger partial charge is 0.507 e. The van der Waals surface area contributed by atoms with Crippen molar-refractivity contribution >= 4 is 46.6 Å². The molecule has 64 heavy (non-hydrogen) atoms. The maximum absolute atomic E-state index is 14.1. The number of rotatable bonds is 22. The van der Waals surface area contributed by atoms with Gasteiger partial charge in [0.1, 0.15) is 23.6 Å². The zero-order valence-corrected chi connectivity index (χ0v) is 36.7. The molecule has 0 saturated heterocycles. The van der Waals surface area contributed by atoms with Crippen LogP contribution in [0.1, 0.15) is 83.5 Å². The highest BCUT2D eigenvalue weighted by Gasteiger charge is 2.38. The molecule has 4 aromatic carbocycles. The van der Waals surface area contributed by atoms with Gasteiger partial charge in [0.25, 0.3) is 0 Å². The molecule has 16 heteroatoms. The van der Waals surface area contributed by atoms with Gasteiger partial charge in [0.2, 0.25) is 35.2 Å². The molecule has 4 aromatic rings. The van der Waals surface area contributed by atoms with Crippen LogP contribution in [0.3, 0.4) is 0 Å². The molecule has 0 aliphatic heterocycles. The van der Waals surface area contributed by atoms with Gasteiger partial charge in [-0.15, -0.1) is 0 Å². The molecule has 0 spiro atoms. The molecule has 16 nitrogen and oxygen atoms in total. The van der Waals surface area contributed by atoms with E-state index in [0.717, 1.165) is 23.3 Å². The Kier molecular flexibility index (Phi) is 17.0. The zero-order valence-electron chi connectivity index (χ0n) is 36.7. The van der Waals surface area contributed by atoms with Gasteiger partial charge in [-0.3, -0.25) is 28.8 Å². The molecule has 5 rings (SSSR count). The average Bonchev–Trinajstić information content (AvgIpc) is 3.26. The molecule has 4 atom stereocenters. The lowest BCUT2D eigenvalue weighted by atomic mass is 9.81. The highest BCUT2D eigenvalue weighted by molar-refractivity contribution is 6.33. The number of aromatic hydroxyl groups is 2. The molecule has 0 radical (unpaired) electrons. The molecule has 1 aliphatic rings. The van der Waals surface area contributed by atoms with Gasteiger partial charge in [0, 0.05) is 37.6 Å². The number of carbonyl (C=O) groups is 6. The minimum absolute atomic E-state index is 0.0653. The van der Waals surface area contributed by atoms with E-state index in [0.29, 0.717) is 25.7 Å². The molecule has 0 saturated carbocycles. The molecular formula is C48H60N8O8. The van der Waals surface area contributed by atoms with Crippen molar-refractivity contribution < 1.29 is 39.0 Å². The van der Waals surface area contributed by atoms with Gasteiger partial charge in [0.05, 0.1) is 34.3 Å². The van der Waals surface area contributed by atoms with Gasteiger partial charge in [-0.05, 0) is 72.9 Å². The molecule has 12 N–H and O–H groups in total. The van der Waals surface area contributed by atoms with Crippen LogP contribution in [0, 0.1) is 11.8 Å². The first kappa shape index (κ1) is 48.3. The zero-order chi connectivity index (χ0) is 46.5. The van der Waals surface area contributed by atoms with Crippen LogP contribution in [0.2, 0.25) is 0 Å². The van der Waals surface area contributed by atoms with E-state index >= 15 is 0 Å². The van der Waals surface area contributed by atoms with Crippen LogP contribution in [-0.4, -0.2) is 95.8 Å². The van der Waals surface area contributed by atoms with E-state index < -0.39 is 70.9 Å². The standard InChI is InChI=1S/C48H60N8O8/c1-27(2)23-35(55-45(61)31(49)25-29-11-7-5-8-12-29)47(63)53-21-19-51-33-15-16-34(40-39(33)43(59)41-37(57)17-18-38(58)42(41)44(40)60)52-20-22-54-48(64)36(24-28(3)4)56-46(62)32(50)26-30-13-9-6-10-14-30/h5-18,27-28,31-32,35-36,51-52,57-58H,19-26,49-50H2,1-4H3,(H,53,63)(H,54,64)(H,55,61)(H,56,62)/t31-,32-,35-,36-/m0/s1. The molecule has 4 amide bonds. The third kappa shape index (κ3) is 12.7. The number of anilines is 2. The molecule has 0 bridgehead atoms. The summed E-state index contributed by atoms with van der Waals surface area (Å²) in [6, 6.07) is 20.6. The van der Waals surface area contributed by atoms with E-state index in [1.807, 2.05) is 88.4 Å². The normalized spacial score (nSPS) is 13.8. The molecule has 0 aromatic heterocycles. The van der Waals surface area contributed by atoms with E-state index in [9.17, 15) is 39.0 Å². The van der Waals surface area contributed by atoms with Crippen LogP contribution in [0.5, 0.6) is 11.5 Å². The van der Waals surface area contributed by atoms with Gasteiger partial charge in [-0.25, -0.2) is 0 Å². The smallest absolute Gasteiger partial charge is 0.242 e. The Morgan fingerprint density at radius 2 is 0.859 bits per heavy atom. The molecule has 1 aliphatic carbocycles. The second kappa shape index (κ2) is 22.5. The van der Waals surface area contributed by atoms with E-state index in [-0.39, 0.29) is 71.6 Å². The van der Waals surface area contributed by atoms with Crippen LogP contribution in [0.25, 0.3) is 0 Å². The number of hydrogen-bond acceptors (Lipinski definition) is 12. The van der Waals surface area contributed by atoms with Gasteiger partial charge in [0.15, 0.2) is 0 Å². The Balaban J connectivity index is 1.25. The number of amides is 4. The van der Waals surface area contributed by atoms with Gasteiger partial charge in [-0.1, -0.05) is 88.4 Å². The fourth-order valence-corrected chi connectivity index (χ4v) is 7.56. The number of nitrogens with one attached hydrogen (secondary N) is 6. The third-order valence-corrected chi connectivity index (χ3v) is 10.7. The fraction of sp³-hybridized carbons (Fsp3) is 0.375. The first-order valence-electron chi connectivity index (χ1n) is 21.6. The van der Waals surface area contributed by atoms with Crippen molar-refractivity contribution in [2.24, 2.45) is 23.3 Å². The van der Waals surface area contributed by atoms with E-state index in [1.54, 1.807) is 12.1 Å². The van der Waals surface area contributed by atoms with Crippen molar-refractivity contribution in [1.29, 1.82) is 0 Å². The maximum Gasteiger partial charge on any atom is 0.242 e. The number of ketones is 2. The third-order valence-electron chi connectivity index (χ3n) is 10.7. The molecule has 0 heterocycles. The number of phenols is 2. The number of phenolic OH excluding ortho intramolecular Hbond substituents is 2. The summed E-state index contributed by atoms with van der Waals surface area (Å²) < 4.78 is 0. The van der Waals surface area contributed by atoms with E-state index in [4.69, 9.17) is 11.5 Å². The van der Waals surface area contributed by atoms with Crippen molar-refractivity contribution in [3.8, 4) is 11.5 Å². The van der Waals surface area contributed by atoms with Gasteiger partial charge >= 0.3 is 0 Å². The van der Waals surface area contributed by atoms with E-state index in [1.165, 1.54) is 0 Å². The number of fused-ring (bicyclic) bond motifs is 2. The summed E-state index contributed by atoms with van der Waals surface area (Å²) in [5.41, 5.74) is 13.8. The van der Waals surface area contributed by atoms with Crippen molar-refractivity contribution in [3.05, 3.63) is 118 Å². The Bertz CT molecular complexity index is 2140. The lowest BCUT2D eigenvalue weighted by molar-refractivity contribution is -0.129. The Morgan fingerprint density at radius 1 is 0.500 bits per heavy atom. The summed E-state index contributed by atoms with van der Waals surface area (Å²) in [4.78, 5) is 81.0. The second-order valence-corrected chi connectivity index (χ2v) is 16.8. The first-order chi connectivity index (χ1) is 30.5. The Labute approximate surface area is 373 Å². The molecule has 340 valence electrons. The highest BCUT2D eigenvalue weighted by atomic mass is 16.3.